The third-order valence-electron chi connectivity index (χ3n) is 7.00. The molecule has 0 saturated heterocycles. The van der Waals surface area contributed by atoms with Crippen molar-refractivity contribution in [2.45, 2.75) is 38.3 Å². The summed E-state index contributed by atoms with van der Waals surface area (Å²) in [5, 5.41) is 4.11. The molecule has 0 fully saturated rings. The van der Waals surface area contributed by atoms with Crippen molar-refractivity contribution in [1.82, 2.24) is 10.2 Å². The van der Waals surface area contributed by atoms with Crippen molar-refractivity contribution in [3.63, 3.8) is 0 Å². The second kappa shape index (κ2) is 10.8. The number of hydrogen-bond acceptors (Lipinski definition) is 1. The van der Waals surface area contributed by atoms with Crippen LogP contribution >= 0.6 is 12.2 Å². The van der Waals surface area contributed by atoms with Gasteiger partial charge in [0.2, 0.25) is 0 Å². The molecule has 0 saturated carbocycles. The van der Waals surface area contributed by atoms with Crippen molar-refractivity contribution < 1.29 is 13.2 Å². The highest BCUT2D eigenvalue weighted by Gasteiger charge is 2.32. The van der Waals surface area contributed by atoms with Gasteiger partial charge in [-0.25, -0.2) is 0 Å². The van der Waals surface area contributed by atoms with Gasteiger partial charge in [-0.15, -0.1) is 0 Å². The van der Waals surface area contributed by atoms with E-state index in [2.05, 4.69) is 35.3 Å². The van der Waals surface area contributed by atoms with Crippen LogP contribution in [0.5, 0.6) is 0 Å². The van der Waals surface area contributed by atoms with E-state index < -0.39 is 11.7 Å². The molecule has 4 rings (SSSR count). The summed E-state index contributed by atoms with van der Waals surface area (Å²) >= 11 is 5.60. The van der Waals surface area contributed by atoms with Crippen LogP contribution in [0.2, 0.25) is 0 Å². The summed E-state index contributed by atoms with van der Waals surface area (Å²) in [4.78, 5) is 2.10. The molecular formula is C29H31F3N2S. The lowest BCUT2D eigenvalue weighted by Gasteiger charge is -2.24. The molecule has 1 aliphatic carbocycles. The van der Waals surface area contributed by atoms with Crippen LogP contribution < -0.4 is 5.32 Å². The highest BCUT2D eigenvalue weighted by molar-refractivity contribution is 7.80. The van der Waals surface area contributed by atoms with Crippen LogP contribution in [0.1, 0.15) is 41.5 Å². The summed E-state index contributed by atoms with van der Waals surface area (Å²) in [5.74, 6) is 0.863. The van der Waals surface area contributed by atoms with Gasteiger partial charge in [0, 0.05) is 20.1 Å². The molecule has 1 N–H and O–H groups in total. The monoisotopic (exact) mass is 496 g/mol. The van der Waals surface area contributed by atoms with Gasteiger partial charge in [-0.05, 0) is 83.3 Å². The maximum absolute atomic E-state index is 13.0. The van der Waals surface area contributed by atoms with E-state index >= 15 is 0 Å². The first kappa shape index (κ1) is 25.2. The average molecular weight is 497 g/mol. The Labute approximate surface area is 211 Å². The number of halogens is 3. The van der Waals surface area contributed by atoms with Crippen LogP contribution in [0.4, 0.5) is 13.2 Å². The van der Waals surface area contributed by atoms with Crippen LogP contribution in [0.25, 0.3) is 11.1 Å². The van der Waals surface area contributed by atoms with E-state index in [4.69, 9.17) is 12.2 Å². The zero-order valence-electron chi connectivity index (χ0n) is 20.1. The van der Waals surface area contributed by atoms with Crippen molar-refractivity contribution in [1.29, 1.82) is 0 Å². The first-order valence-corrected chi connectivity index (χ1v) is 12.5. The molecule has 0 spiro atoms. The fourth-order valence-electron chi connectivity index (χ4n) is 5.03. The first-order chi connectivity index (χ1) is 16.7. The lowest BCUT2D eigenvalue weighted by Crippen LogP contribution is -2.39. The summed E-state index contributed by atoms with van der Waals surface area (Å²) in [5.41, 5.74) is 5.12. The molecule has 3 aromatic carbocycles. The Morgan fingerprint density at radius 1 is 1.00 bits per heavy atom. The molecule has 2 unspecified atom stereocenters. The highest BCUT2D eigenvalue weighted by Crippen LogP contribution is 2.44. The number of nitrogens with zero attached hydrogens (tertiary/aromatic N) is 1. The summed E-state index contributed by atoms with van der Waals surface area (Å²) < 4.78 is 38.9. The van der Waals surface area contributed by atoms with Crippen LogP contribution in [0, 0.1) is 5.92 Å². The quantitative estimate of drug-likeness (QED) is 0.352. The summed E-state index contributed by atoms with van der Waals surface area (Å²) in [6.07, 6.45) is -1.49. The van der Waals surface area contributed by atoms with Gasteiger partial charge in [0.1, 0.15) is 0 Å². The predicted octanol–water partition coefficient (Wildman–Crippen LogP) is 7.09. The Hall–Kier alpha value is -2.86. The number of benzene rings is 3. The average Bonchev–Trinajstić information content (AvgIpc) is 3.17. The zero-order chi connectivity index (χ0) is 25.0. The van der Waals surface area contributed by atoms with Crippen molar-refractivity contribution >= 4 is 17.3 Å². The van der Waals surface area contributed by atoms with Gasteiger partial charge in [0.25, 0.3) is 0 Å². The summed E-state index contributed by atoms with van der Waals surface area (Å²) in [6, 6.07) is 22.1. The Morgan fingerprint density at radius 2 is 1.71 bits per heavy atom. The van der Waals surface area contributed by atoms with Crippen LogP contribution in [-0.2, 0) is 19.0 Å². The van der Waals surface area contributed by atoms with Crippen molar-refractivity contribution in [2.24, 2.45) is 5.92 Å². The van der Waals surface area contributed by atoms with Crippen LogP contribution in [-0.4, -0.2) is 30.1 Å². The fourth-order valence-corrected chi connectivity index (χ4v) is 5.22. The molecule has 0 aliphatic heterocycles. The van der Waals surface area contributed by atoms with E-state index in [-0.39, 0.29) is 0 Å². The molecule has 0 amide bonds. The minimum atomic E-state index is -4.32. The molecule has 0 bridgehead atoms. The minimum absolute atomic E-state index is 0.397. The topological polar surface area (TPSA) is 15.3 Å². The van der Waals surface area contributed by atoms with E-state index in [9.17, 15) is 13.2 Å². The number of fused-ring (bicyclic) bond motifs is 1. The van der Waals surface area contributed by atoms with E-state index in [1.54, 1.807) is 12.1 Å². The maximum Gasteiger partial charge on any atom is 0.416 e. The Bertz CT molecular complexity index is 1140. The molecule has 1 aliphatic rings. The third-order valence-corrected chi connectivity index (χ3v) is 7.46. The second-order valence-corrected chi connectivity index (χ2v) is 9.80. The molecule has 0 radical (unpaired) electrons. The number of alkyl halides is 3. The van der Waals surface area contributed by atoms with Gasteiger partial charge >= 0.3 is 6.18 Å². The van der Waals surface area contributed by atoms with Gasteiger partial charge in [0.05, 0.1) is 5.56 Å². The summed E-state index contributed by atoms with van der Waals surface area (Å²) in [7, 11) is 2.02. The third kappa shape index (κ3) is 6.04. The molecule has 0 aromatic heterocycles. The molecule has 2 nitrogen and oxygen atoms in total. The van der Waals surface area contributed by atoms with Gasteiger partial charge in [-0.1, -0.05) is 67.6 Å². The zero-order valence-corrected chi connectivity index (χ0v) is 20.9. The van der Waals surface area contributed by atoms with Gasteiger partial charge in [-0.3, -0.25) is 0 Å². The number of nitrogens with one attached hydrogen (secondary N) is 1. The standard InChI is InChI=1S/C29H31F3N2S/c1-20-19-27-25(22-11-13-23(14-12-22)29(30,31)32)9-6-10-26(27)24(20)16-18-34(2)28(35)33-17-15-21-7-4-3-5-8-21/h3-14,20,24H,15-19H2,1-2H3,(H,33,35). The molecule has 6 heteroatoms. The van der Waals surface area contributed by atoms with Gasteiger partial charge in [-0.2, -0.15) is 13.2 Å². The Morgan fingerprint density at radius 3 is 2.40 bits per heavy atom. The smallest absolute Gasteiger partial charge is 0.362 e. The van der Waals surface area contributed by atoms with E-state index in [0.717, 1.165) is 48.6 Å². The molecule has 184 valence electrons. The van der Waals surface area contributed by atoms with E-state index in [1.165, 1.54) is 28.8 Å². The van der Waals surface area contributed by atoms with Crippen molar-refractivity contribution in [2.75, 3.05) is 20.1 Å². The fraction of sp³-hybridized carbons (Fsp3) is 0.345. The molecule has 0 heterocycles. The van der Waals surface area contributed by atoms with E-state index in [1.807, 2.05) is 37.4 Å². The molecule has 2 atom stereocenters. The van der Waals surface area contributed by atoms with Crippen molar-refractivity contribution in [3.05, 3.63) is 95.1 Å². The van der Waals surface area contributed by atoms with Gasteiger partial charge < -0.3 is 10.2 Å². The predicted molar refractivity (Wildman–Crippen MR) is 140 cm³/mol. The molecule has 35 heavy (non-hydrogen) atoms. The van der Waals surface area contributed by atoms with E-state index in [0.29, 0.717) is 11.8 Å². The molecule has 3 aromatic rings. The minimum Gasteiger partial charge on any atom is -0.362 e. The second-order valence-electron chi connectivity index (χ2n) is 9.41. The van der Waals surface area contributed by atoms with Crippen molar-refractivity contribution in [3.8, 4) is 11.1 Å². The lowest BCUT2D eigenvalue weighted by molar-refractivity contribution is -0.137. The lowest BCUT2D eigenvalue weighted by atomic mass is 9.90. The maximum atomic E-state index is 13.0. The number of rotatable bonds is 7. The van der Waals surface area contributed by atoms with Crippen LogP contribution in [0.3, 0.4) is 0 Å². The number of hydrogen-bond donors (Lipinski definition) is 1. The van der Waals surface area contributed by atoms with Crippen LogP contribution in [0.15, 0.2) is 72.8 Å². The van der Waals surface area contributed by atoms with Gasteiger partial charge in [0.15, 0.2) is 5.11 Å². The Balaban J connectivity index is 1.38. The molecular weight excluding hydrogens is 465 g/mol. The normalized spacial score (nSPS) is 17.2. The SMILES string of the molecule is CC1Cc2c(-c3ccc(C(F)(F)F)cc3)cccc2C1CCN(C)C(=S)NCCc1ccccc1. The Kier molecular flexibility index (Phi) is 7.80. The highest BCUT2D eigenvalue weighted by atomic mass is 32.1. The summed E-state index contributed by atoms with van der Waals surface area (Å²) in [6.45, 7) is 3.90. The first-order valence-electron chi connectivity index (χ1n) is 12.1. The number of thiocarbonyl (C=S) groups is 1. The largest absolute Gasteiger partial charge is 0.416 e.